The Morgan fingerprint density at radius 1 is 1.61 bits per heavy atom. The third kappa shape index (κ3) is 2.41. The van der Waals surface area contributed by atoms with Crippen LogP contribution in [-0.2, 0) is 11.2 Å². The second kappa shape index (κ2) is 4.72. The molecule has 18 heavy (non-hydrogen) atoms. The van der Waals surface area contributed by atoms with Gasteiger partial charge in [-0.1, -0.05) is 6.92 Å². The summed E-state index contributed by atoms with van der Waals surface area (Å²) in [5.41, 5.74) is 0.852. The zero-order chi connectivity index (χ0) is 12.5. The second-order valence-electron chi connectivity index (χ2n) is 5.18. The van der Waals surface area contributed by atoms with Crippen molar-refractivity contribution in [3.63, 3.8) is 0 Å². The summed E-state index contributed by atoms with van der Waals surface area (Å²) in [4.78, 5) is 17.3. The van der Waals surface area contributed by atoms with Gasteiger partial charge in [0.2, 0.25) is 5.91 Å². The SMILES string of the molecule is CC1CCC(NC(=O)Cc2cn3ccsc3n2)C1. The monoisotopic (exact) mass is 263 g/mol. The minimum absolute atomic E-state index is 0.0971. The maximum atomic E-state index is 11.9. The number of nitrogens with zero attached hydrogens (tertiary/aromatic N) is 2. The van der Waals surface area contributed by atoms with Gasteiger partial charge < -0.3 is 5.32 Å². The number of nitrogens with one attached hydrogen (secondary N) is 1. The van der Waals surface area contributed by atoms with Crippen LogP contribution in [0, 0.1) is 5.92 Å². The number of carbonyl (C=O) groups excluding carboxylic acids is 1. The molecule has 2 atom stereocenters. The van der Waals surface area contributed by atoms with Crippen LogP contribution in [0.25, 0.3) is 4.96 Å². The number of imidazole rings is 1. The first-order chi connectivity index (χ1) is 8.70. The van der Waals surface area contributed by atoms with Crippen molar-refractivity contribution in [2.45, 2.75) is 38.6 Å². The predicted molar refractivity (Wildman–Crippen MR) is 71.7 cm³/mol. The Balaban J connectivity index is 1.59. The van der Waals surface area contributed by atoms with E-state index in [1.807, 2.05) is 22.2 Å². The molecule has 2 heterocycles. The topological polar surface area (TPSA) is 46.4 Å². The van der Waals surface area contributed by atoms with Crippen molar-refractivity contribution in [3.05, 3.63) is 23.5 Å². The van der Waals surface area contributed by atoms with Gasteiger partial charge >= 0.3 is 0 Å². The molecule has 1 amide bonds. The molecule has 1 aliphatic rings. The van der Waals surface area contributed by atoms with Crippen LogP contribution in [0.3, 0.4) is 0 Å². The highest BCUT2D eigenvalue weighted by molar-refractivity contribution is 7.15. The van der Waals surface area contributed by atoms with Gasteiger partial charge in [0.25, 0.3) is 0 Å². The van der Waals surface area contributed by atoms with E-state index in [9.17, 15) is 4.79 Å². The Labute approximate surface area is 110 Å². The summed E-state index contributed by atoms with van der Waals surface area (Å²) in [7, 11) is 0. The molecule has 1 N–H and O–H groups in total. The molecule has 0 saturated heterocycles. The average molecular weight is 263 g/mol. The Bertz CT molecular complexity index is 531. The Hall–Kier alpha value is -1.36. The zero-order valence-corrected chi connectivity index (χ0v) is 11.2. The van der Waals surface area contributed by atoms with Crippen molar-refractivity contribution in [2.75, 3.05) is 0 Å². The summed E-state index contributed by atoms with van der Waals surface area (Å²) in [5, 5.41) is 5.10. The molecule has 4 nitrogen and oxygen atoms in total. The lowest BCUT2D eigenvalue weighted by Crippen LogP contribution is -2.34. The lowest BCUT2D eigenvalue weighted by molar-refractivity contribution is -0.121. The average Bonchev–Trinajstić information content (AvgIpc) is 2.94. The molecule has 1 aliphatic carbocycles. The number of carbonyl (C=O) groups is 1. The van der Waals surface area contributed by atoms with Crippen molar-refractivity contribution in [3.8, 4) is 0 Å². The minimum Gasteiger partial charge on any atom is -0.353 e. The molecule has 2 aromatic heterocycles. The number of amides is 1. The molecule has 0 aliphatic heterocycles. The second-order valence-corrected chi connectivity index (χ2v) is 6.06. The van der Waals surface area contributed by atoms with E-state index in [1.54, 1.807) is 11.3 Å². The first-order valence-electron chi connectivity index (χ1n) is 6.41. The number of rotatable bonds is 3. The normalized spacial score (nSPS) is 23.6. The molecule has 0 spiro atoms. The van der Waals surface area contributed by atoms with Gasteiger partial charge in [0.1, 0.15) is 0 Å². The summed E-state index contributed by atoms with van der Waals surface area (Å²) < 4.78 is 1.96. The van der Waals surface area contributed by atoms with Crippen molar-refractivity contribution < 1.29 is 4.79 Å². The summed E-state index contributed by atoms with van der Waals surface area (Å²) in [6.07, 6.45) is 7.75. The Morgan fingerprint density at radius 2 is 2.50 bits per heavy atom. The van der Waals surface area contributed by atoms with Crippen molar-refractivity contribution in [1.29, 1.82) is 0 Å². The van der Waals surface area contributed by atoms with Gasteiger partial charge in [-0.25, -0.2) is 4.98 Å². The highest BCUT2D eigenvalue weighted by atomic mass is 32.1. The van der Waals surface area contributed by atoms with Crippen LogP contribution in [0.5, 0.6) is 0 Å². The summed E-state index contributed by atoms with van der Waals surface area (Å²) >= 11 is 1.59. The Kier molecular flexibility index (Phi) is 3.07. The van der Waals surface area contributed by atoms with E-state index < -0.39 is 0 Å². The molecule has 0 aromatic carbocycles. The maximum Gasteiger partial charge on any atom is 0.226 e. The van der Waals surface area contributed by atoms with E-state index in [4.69, 9.17) is 0 Å². The molecule has 2 aromatic rings. The molecular weight excluding hydrogens is 246 g/mol. The zero-order valence-electron chi connectivity index (χ0n) is 10.4. The maximum absolute atomic E-state index is 11.9. The third-order valence-electron chi connectivity index (χ3n) is 3.54. The van der Waals surface area contributed by atoms with Crippen LogP contribution in [-0.4, -0.2) is 21.3 Å². The van der Waals surface area contributed by atoms with E-state index in [-0.39, 0.29) is 5.91 Å². The molecule has 0 radical (unpaired) electrons. The lowest BCUT2D eigenvalue weighted by atomic mass is 10.1. The van der Waals surface area contributed by atoms with Crippen LogP contribution in [0.4, 0.5) is 0 Å². The standard InChI is InChI=1S/C13H17N3OS/c1-9-2-3-10(6-9)14-12(17)7-11-8-16-4-5-18-13(16)15-11/h4-5,8-10H,2-3,6-7H2,1H3,(H,14,17). The fourth-order valence-electron chi connectivity index (χ4n) is 2.64. The fourth-order valence-corrected chi connectivity index (χ4v) is 3.36. The molecule has 1 saturated carbocycles. The van der Waals surface area contributed by atoms with Gasteiger partial charge in [0, 0.05) is 23.8 Å². The van der Waals surface area contributed by atoms with Crippen LogP contribution in [0.1, 0.15) is 31.9 Å². The smallest absolute Gasteiger partial charge is 0.226 e. The molecule has 0 bridgehead atoms. The van der Waals surface area contributed by atoms with Crippen LogP contribution >= 0.6 is 11.3 Å². The first-order valence-corrected chi connectivity index (χ1v) is 7.29. The van der Waals surface area contributed by atoms with Gasteiger partial charge in [0.05, 0.1) is 12.1 Å². The number of hydrogen-bond acceptors (Lipinski definition) is 3. The molecular formula is C13H17N3OS. The fraction of sp³-hybridized carbons (Fsp3) is 0.538. The number of thiazole rings is 1. The highest BCUT2D eigenvalue weighted by Crippen LogP contribution is 2.24. The molecule has 1 fully saturated rings. The van der Waals surface area contributed by atoms with Gasteiger partial charge in [-0.15, -0.1) is 11.3 Å². The molecule has 3 rings (SSSR count). The van der Waals surface area contributed by atoms with E-state index in [1.165, 1.54) is 6.42 Å². The minimum atomic E-state index is 0.0971. The number of hydrogen-bond donors (Lipinski definition) is 1. The van der Waals surface area contributed by atoms with Crippen LogP contribution in [0.15, 0.2) is 17.8 Å². The number of fused-ring (bicyclic) bond motifs is 1. The summed E-state index contributed by atoms with van der Waals surface area (Å²) in [5.74, 6) is 0.841. The molecule has 5 heteroatoms. The largest absolute Gasteiger partial charge is 0.353 e. The van der Waals surface area contributed by atoms with Gasteiger partial charge in [-0.2, -0.15) is 0 Å². The van der Waals surface area contributed by atoms with Gasteiger partial charge in [0.15, 0.2) is 4.96 Å². The Morgan fingerprint density at radius 3 is 3.22 bits per heavy atom. The van der Waals surface area contributed by atoms with E-state index in [0.717, 1.165) is 29.4 Å². The summed E-state index contributed by atoms with van der Waals surface area (Å²) in [6.45, 7) is 2.25. The van der Waals surface area contributed by atoms with Gasteiger partial charge in [-0.05, 0) is 25.2 Å². The van der Waals surface area contributed by atoms with Crippen molar-refractivity contribution >= 4 is 22.2 Å². The van der Waals surface area contributed by atoms with Crippen molar-refractivity contribution in [1.82, 2.24) is 14.7 Å². The predicted octanol–water partition coefficient (Wildman–Crippen LogP) is 2.24. The summed E-state index contributed by atoms with van der Waals surface area (Å²) in [6, 6.07) is 0.372. The first kappa shape index (κ1) is 11.7. The molecule has 96 valence electrons. The van der Waals surface area contributed by atoms with E-state index >= 15 is 0 Å². The van der Waals surface area contributed by atoms with E-state index in [0.29, 0.717) is 12.5 Å². The van der Waals surface area contributed by atoms with Crippen LogP contribution < -0.4 is 5.32 Å². The molecule has 2 unspecified atom stereocenters. The third-order valence-corrected chi connectivity index (χ3v) is 4.32. The number of aromatic nitrogens is 2. The van der Waals surface area contributed by atoms with E-state index in [2.05, 4.69) is 17.2 Å². The lowest BCUT2D eigenvalue weighted by Gasteiger charge is -2.11. The quantitative estimate of drug-likeness (QED) is 0.923. The highest BCUT2D eigenvalue weighted by Gasteiger charge is 2.22. The van der Waals surface area contributed by atoms with Gasteiger partial charge in [-0.3, -0.25) is 9.20 Å². The van der Waals surface area contributed by atoms with Crippen LogP contribution in [0.2, 0.25) is 0 Å². The van der Waals surface area contributed by atoms with Crippen molar-refractivity contribution in [2.24, 2.45) is 5.92 Å².